The molecule has 0 aromatic heterocycles. The number of hydrogen-bond donors (Lipinski definition) is 2. The summed E-state index contributed by atoms with van der Waals surface area (Å²) in [5, 5.41) is 0. The van der Waals surface area contributed by atoms with Gasteiger partial charge < -0.3 is 0 Å². The number of likely N-dealkylation sites (tertiary alicyclic amines) is 1. The van der Waals surface area contributed by atoms with Gasteiger partial charge in [0.1, 0.15) is 11.6 Å². The second kappa shape index (κ2) is 7.82. The van der Waals surface area contributed by atoms with Gasteiger partial charge in [-0.15, -0.1) is 0 Å². The van der Waals surface area contributed by atoms with Gasteiger partial charge in [-0.3, -0.25) is 15.8 Å². The van der Waals surface area contributed by atoms with Gasteiger partial charge in [0.25, 0.3) is 0 Å². The Kier molecular flexibility index (Phi) is 5.29. The minimum absolute atomic E-state index is 0.123. The first kappa shape index (κ1) is 17.6. The number of nitrogens with zero attached hydrogens (tertiary/aromatic N) is 1. The fraction of sp³-hybridized carbons (Fsp3) is 0.429. The molecule has 0 bridgehead atoms. The van der Waals surface area contributed by atoms with E-state index in [-0.39, 0.29) is 17.6 Å². The van der Waals surface area contributed by atoms with Crippen molar-refractivity contribution >= 4 is 0 Å². The molecule has 2 aromatic rings. The van der Waals surface area contributed by atoms with E-state index in [1.807, 2.05) is 18.2 Å². The minimum atomic E-state index is -0.173. The first-order valence-electron chi connectivity index (χ1n) is 9.40. The summed E-state index contributed by atoms with van der Waals surface area (Å²) in [6, 6.07) is 14.3. The van der Waals surface area contributed by atoms with Crippen molar-refractivity contribution in [3.05, 3.63) is 71.3 Å². The van der Waals surface area contributed by atoms with Gasteiger partial charge in [0.15, 0.2) is 0 Å². The molecule has 2 aliphatic rings. The molecule has 2 fully saturated rings. The molecule has 138 valence electrons. The van der Waals surface area contributed by atoms with E-state index < -0.39 is 0 Å². The van der Waals surface area contributed by atoms with Crippen molar-refractivity contribution in [3.8, 4) is 0 Å². The molecule has 2 saturated heterocycles. The summed E-state index contributed by atoms with van der Waals surface area (Å²) in [5.41, 5.74) is 8.50. The maximum Gasteiger partial charge on any atom is 0.127 e. The highest BCUT2D eigenvalue weighted by atomic mass is 19.1. The highest BCUT2D eigenvalue weighted by Crippen LogP contribution is 2.33. The number of piperidine rings is 1. The topological polar surface area (TPSA) is 27.3 Å². The summed E-state index contributed by atoms with van der Waals surface area (Å²) < 4.78 is 27.5. The van der Waals surface area contributed by atoms with Crippen molar-refractivity contribution in [2.75, 3.05) is 19.6 Å². The van der Waals surface area contributed by atoms with E-state index in [4.69, 9.17) is 0 Å². The van der Waals surface area contributed by atoms with Crippen molar-refractivity contribution < 1.29 is 8.78 Å². The van der Waals surface area contributed by atoms with E-state index in [1.165, 1.54) is 12.1 Å². The predicted molar refractivity (Wildman–Crippen MR) is 98.5 cm³/mol. The second-order valence-electron chi connectivity index (χ2n) is 7.42. The fourth-order valence-corrected chi connectivity index (χ4v) is 4.36. The summed E-state index contributed by atoms with van der Waals surface area (Å²) in [6.07, 6.45) is 2.14. The Balaban J connectivity index is 1.37. The monoisotopic (exact) mass is 357 g/mol. The van der Waals surface area contributed by atoms with Crippen molar-refractivity contribution in [3.63, 3.8) is 0 Å². The van der Waals surface area contributed by atoms with Gasteiger partial charge in [0.05, 0.1) is 0 Å². The van der Waals surface area contributed by atoms with Crippen LogP contribution in [0.15, 0.2) is 48.5 Å². The molecule has 2 heterocycles. The zero-order valence-electron chi connectivity index (χ0n) is 14.8. The van der Waals surface area contributed by atoms with Gasteiger partial charge >= 0.3 is 0 Å². The van der Waals surface area contributed by atoms with E-state index in [9.17, 15) is 8.78 Å². The molecular weight excluding hydrogens is 332 g/mol. The Morgan fingerprint density at radius 3 is 2.58 bits per heavy atom. The molecule has 2 aromatic carbocycles. The van der Waals surface area contributed by atoms with Gasteiger partial charge in [0.2, 0.25) is 0 Å². The van der Waals surface area contributed by atoms with Crippen LogP contribution in [0.1, 0.15) is 29.9 Å². The van der Waals surface area contributed by atoms with Crippen LogP contribution in [0.25, 0.3) is 0 Å². The maximum absolute atomic E-state index is 13.9. The predicted octanol–water partition coefficient (Wildman–Crippen LogP) is 3.44. The SMILES string of the molecule is Fc1cccc(C2CNNC2C2CCN(Cc3ccccc3F)CC2)c1. The molecule has 26 heavy (non-hydrogen) atoms. The normalized spacial score (nSPS) is 24.8. The molecule has 0 spiro atoms. The summed E-state index contributed by atoms with van der Waals surface area (Å²) in [7, 11) is 0. The lowest BCUT2D eigenvalue weighted by Gasteiger charge is -2.36. The molecule has 4 rings (SSSR count). The standard InChI is InChI=1S/C21H25F2N3/c22-18-6-3-5-16(12-18)19-13-24-25-21(19)15-8-10-26(11-9-15)14-17-4-1-2-7-20(17)23/h1-7,12,15,19,21,24-25H,8-11,13-14H2. The number of nitrogens with one attached hydrogen (secondary N) is 2. The van der Waals surface area contributed by atoms with Crippen molar-refractivity contribution in [1.82, 2.24) is 15.8 Å². The van der Waals surface area contributed by atoms with Crippen molar-refractivity contribution in [2.24, 2.45) is 5.92 Å². The second-order valence-corrected chi connectivity index (χ2v) is 7.42. The zero-order valence-corrected chi connectivity index (χ0v) is 14.8. The maximum atomic E-state index is 13.9. The summed E-state index contributed by atoms with van der Waals surface area (Å²) in [4.78, 5) is 2.33. The summed E-state index contributed by atoms with van der Waals surface area (Å²) in [5.74, 6) is 0.527. The first-order chi connectivity index (χ1) is 12.7. The fourth-order valence-electron chi connectivity index (χ4n) is 4.36. The van der Waals surface area contributed by atoms with Gasteiger partial charge in [-0.05, 0) is 55.6 Å². The van der Waals surface area contributed by atoms with Gasteiger partial charge in [-0.2, -0.15) is 0 Å². The van der Waals surface area contributed by atoms with Crippen molar-refractivity contribution in [2.45, 2.75) is 31.3 Å². The molecule has 2 N–H and O–H groups in total. The number of halogens is 2. The third-order valence-corrected chi connectivity index (χ3v) is 5.79. The van der Waals surface area contributed by atoms with E-state index >= 15 is 0 Å². The largest absolute Gasteiger partial charge is 0.299 e. The molecule has 2 atom stereocenters. The highest BCUT2D eigenvalue weighted by Gasteiger charge is 2.36. The molecule has 5 heteroatoms. The number of rotatable bonds is 4. The molecular formula is C21H25F2N3. The van der Waals surface area contributed by atoms with E-state index in [2.05, 4.69) is 15.8 Å². The molecule has 2 unspecified atom stereocenters. The van der Waals surface area contributed by atoms with E-state index in [1.54, 1.807) is 18.2 Å². The lowest BCUT2D eigenvalue weighted by atomic mass is 9.80. The highest BCUT2D eigenvalue weighted by molar-refractivity contribution is 5.24. The molecule has 2 aliphatic heterocycles. The Morgan fingerprint density at radius 2 is 1.81 bits per heavy atom. The first-order valence-corrected chi connectivity index (χ1v) is 9.40. The summed E-state index contributed by atoms with van der Waals surface area (Å²) in [6.45, 7) is 3.42. The Labute approximate surface area is 153 Å². The minimum Gasteiger partial charge on any atom is -0.299 e. The average Bonchev–Trinajstić information content (AvgIpc) is 3.14. The van der Waals surface area contributed by atoms with Crippen LogP contribution < -0.4 is 10.9 Å². The number of benzene rings is 2. The van der Waals surface area contributed by atoms with Crippen LogP contribution in [0, 0.1) is 17.6 Å². The Hall–Kier alpha value is -1.82. The van der Waals surface area contributed by atoms with Crippen LogP contribution in [0.2, 0.25) is 0 Å². The zero-order chi connectivity index (χ0) is 17.9. The lowest BCUT2D eigenvalue weighted by Crippen LogP contribution is -2.44. The van der Waals surface area contributed by atoms with Crippen LogP contribution in [-0.2, 0) is 6.54 Å². The number of hydrazine groups is 1. The average molecular weight is 357 g/mol. The third-order valence-electron chi connectivity index (χ3n) is 5.79. The van der Waals surface area contributed by atoms with Gasteiger partial charge in [0, 0.05) is 30.6 Å². The van der Waals surface area contributed by atoms with E-state index in [0.29, 0.717) is 18.5 Å². The van der Waals surface area contributed by atoms with Gasteiger partial charge in [-0.25, -0.2) is 8.78 Å². The molecule has 3 nitrogen and oxygen atoms in total. The smallest absolute Gasteiger partial charge is 0.127 e. The summed E-state index contributed by atoms with van der Waals surface area (Å²) >= 11 is 0. The van der Waals surface area contributed by atoms with E-state index in [0.717, 1.165) is 43.6 Å². The molecule has 0 amide bonds. The van der Waals surface area contributed by atoms with Crippen LogP contribution in [0.5, 0.6) is 0 Å². The van der Waals surface area contributed by atoms with Crippen LogP contribution in [0.4, 0.5) is 8.78 Å². The lowest BCUT2D eigenvalue weighted by molar-refractivity contribution is 0.150. The number of hydrogen-bond acceptors (Lipinski definition) is 3. The molecule has 0 radical (unpaired) electrons. The molecule has 0 aliphatic carbocycles. The Morgan fingerprint density at radius 1 is 1.00 bits per heavy atom. The van der Waals surface area contributed by atoms with Crippen LogP contribution in [0.3, 0.4) is 0 Å². The Bertz CT molecular complexity index is 744. The third kappa shape index (κ3) is 3.80. The molecule has 0 saturated carbocycles. The quantitative estimate of drug-likeness (QED) is 0.878. The van der Waals surface area contributed by atoms with Crippen LogP contribution in [-0.4, -0.2) is 30.6 Å². The van der Waals surface area contributed by atoms with Crippen LogP contribution >= 0.6 is 0 Å². The van der Waals surface area contributed by atoms with Gasteiger partial charge in [-0.1, -0.05) is 30.3 Å². The van der Waals surface area contributed by atoms with Crippen molar-refractivity contribution in [1.29, 1.82) is 0 Å².